The molecule has 4 aliphatic carbocycles. The van der Waals surface area contributed by atoms with Crippen LogP contribution in [0.1, 0.15) is 79.9 Å². The minimum atomic E-state index is 0.322. The highest BCUT2D eigenvalue weighted by molar-refractivity contribution is 8.07. The first kappa shape index (κ1) is 31.2. The standard InChI is InChI=1S/C49H45NS/c1-32-20-23-40(31-44(32)34-14-6-3-7-15-34)50-46-18-10-8-16-41(46)45-29-35(22-25-47(45)50)38-26-37(33-12-4-2-5-13-33)27-39(28-38)36-21-24-43-42-17-9-11-19-48(42)51-49(43)30-36/h2-8,10-16,18-19,22,25-32,36,41,43-44,46H,9,17,20-21,23-24H2,1H3. The summed E-state index contributed by atoms with van der Waals surface area (Å²) in [6.45, 7) is 2.43. The second kappa shape index (κ2) is 12.9. The number of rotatable bonds is 5. The molecule has 51 heavy (non-hydrogen) atoms. The second-order valence-corrected chi connectivity index (χ2v) is 16.6. The minimum absolute atomic E-state index is 0.322. The Balaban J connectivity index is 1.04. The van der Waals surface area contributed by atoms with Gasteiger partial charge in [-0.05, 0) is 112 Å². The van der Waals surface area contributed by atoms with Gasteiger partial charge in [-0.3, -0.25) is 0 Å². The van der Waals surface area contributed by atoms with Gasteiger partial charge in [0.2, 0.25) is 0 Å². The van der Waals surface area contributed by atoms with E-state index in [-0.39, 0.29) is 0 Å². The summed E-state index contributed by atoms with van der Waals surface area (Å²) in [5.74, 6) is 2.53. The van der Waals surface area contributed by atoms with Crippen LogP contribution in [0.3, 0.4) is 0 Å². The molecule has 0 amide bonds. The highest BCUT2D eigenvalue weighted by Crippen LogP contribution is 2.55. The van der Waals surface area contributed by atoms with Gasteiger partial charge in [0.1, 0.15) is 0 Å². The third-order valence-corrected chi connectivity index (χ3v) is 13.8. The summed E-state index contributed by atoms with van der Waals surface area (Å²) >= 11 is 2.05. The average Bonchev–Trinajstić information content (AvgIpc) is 3.74. The van der Waals surface area contributed by atoms with Crippen LogP contribution in [0.15, 0.2) is 167 Å². The number of thioether (sulfide) groups is 1. The molecule has 0 saturated heterocycles. The predicted octanol–water partition coefficient (Wildman–Crippen LogP) is 13.2. The molecule has 0 radical (unpaired) electrons. The molecule has 6 unspecified atom stereocenters. The van der Waals surface area contributed by atoms with Crippen molar-refractivity contribution in [1.29, 1.82) is 0 Å². The van der Waals surface area contributed by atoms with Crippen molar-refractivity contribution >= 4 is 17.4 Å². The van der Waals surface area contributed by atoms with Crippen LogP contribution >= 0.6 is 11.8 Å². The van der Waals surface area contributed by atoms with Crippen LogP contribution in [0.2, 0.25) is 0 Å². The molecule has 0 fully saturated rings. The molecule has 2 heteroatoms. The first-order chi connectivity index (χ1) is 25.2. The maximum Gasteiger partial charge on any atom is 0.0626 e. The lowest BCUT2D eigenvalue weighted by Crippen LogP contribution is -2.34. The molecule has 0 saturated carbocycles. The minimum Gasteiger partial charge on any atom is -0.337 e. The van der Waals surface area contributed by atoms with Gasteiger partial charge in [-0.2, -0.15) is 0 Å². The first-order valence-corrected chi connectivity index (χ1v) is 20.0. The predicted molar refractivity (Wildman–Crippen MR) is 217 cm³/mol. The van der Waals surface area contributed by atoms with Crippen LogP contribution in [-0.4, -0.2) is 6.04 Å². The fraction of sp³-hybridized carbons (Fsp3) is 0.265. The summed E-state index contributed by atoms with van der Waals surface area (Å²) in [6, 6.07) is 37.2. The molecule has 4 aromatic carbocycles. The van der Waals surface area contributed by atoms with Gasteiger partial charge in [0.15, 0.2) is 0 Å². The third kappa shape index (κ3) is 5.55. The lowest BCUT2D eigenvalue weighted by atomic mass is 9.78. The zero-order chi connectivity index (χ0) is 33.9. The van der Waals surface area contributed by atoms with E-state index in [1.807, 2.05) is 11.8 Å². The quantitative estimate of drug-likeness (QED) is 0.207. The fourth-order valence-corrected chi connectivity index (χ4v) is 11.3. The van der Waals surface area contributed by atoms with E-state index in [2.05, 4.69) is 157 Å². The van der Waals surface area contributed by atoms with Crippen molar-refractivity contribution in [2.45, 2.75) is 69.2 Å². The topological polar surface area (TPSA) is 3.24 Å². The van der Waals surface area contributed by atoms with E-state index >= 15 is 0 Å². The molecule has 2 aliphatic heterocycles. The van der Waals surface area contributed by atoms with Gasteiger partial charge in [-0.1, -0.05) is 146 Å². The number of allylic oxidation sites excluding steroid dienone is 9. The molecule has 1 nitrogen and oxygen atoms in total. The van der Waals surface area contributed by atoms with Crippen LogP contribution in [-0.2, 0) is 0 Å². The molecule has 4 aromatic rings. The van der Waals surface area contributed by atoms with Crippen molar-refractivity contribution in [1.82, 2.24) is 0 Å². The Morgan fingerprint density at radius 3 is 2.33 bits per heavy atom. The van der Waals surface area contributed by atoms with Crippen molar-refractivity contribution in [3.63, 3.8) is 0 Å². The third-order valence-electron chi connectivity index (χ3n) is 12.5. The second-order valence-electron chi connectivity index (χ2n) is 15.5. The highest BCUT2D eigenvalue weighted by atomic mass is 32.2. The average molecular weight is 680 g/mol. The molecular weight excluding hydrogens is 635 g/mol. The number of nitrogens with zero attached hydrogens (tertiary/aromatic N) is 1. The van der Waals surface area contributed by atoms with Crippen LogP contribution in [0.25, 0.3) is 22.3 Å². The Kier molecular flexibility index (Phi) is 7.90. The lowest BCUT2D eigenvalue weighted by molar-refractivity contribution is 0.450. The molecule has 10 rings (SSSR count). The van der Waals surface area contributed by atoms with E-state index < -0.39 is 0 Å². The molecule has 6 atom stereocenters. The number of hydrogen-bond acceptors (Lipinski definition) is 2. The molecular formula is C49H45NS. The number of anilines is 1. The summed E-state index contributed by atoms with van der Waals surface area (Å²) in [6.07, 6.45) is 26.6. The molecule has 0 spiro atoms. The van der Waals surface area contributed by atoms with Gasteiger partial charge in [-0.15, -0.1) is 0 Å². The van der Waals surface area contributed by atoms with Crippen molar-refractivity contribution in [2.75, 3.05) is 4.90 Å². The Hall–Kier alpha value is -4.53. The summed E-state index contributed by atoms with van der Waals surface area (Å²) < 4.78 is 0. The molecule has 6 aliphatic rings. The summed E-state index contributed by atoms with van der Waals surface area (Å²) in [7, 11) is 0. The highest BCUT2D eigenvalue weighted by Gasteiger charge is 2.40. The van der Waals surface area contributed by atoms with E-state index in [1.165, 1.54) is 87.3 Å². The largest absolute Gasteiger partial charge is 0.337 e. The molecule has 0 N–H and O–H groups in total. The number of fused-ring (bicyclic) bond motifs is 5. The smallest absolute Gasteiger partial charge is 0.0626 e. The zero-order valence-electron chi connectivity index (χ0n) is 29.4. The number of hydrogen-bond donors (Lipinski definition) is 0. The molecule has 252 valence electrons. The van der Waals surface area contributed by atoms with Crippen molar-refractivity contribution in [2.24, 2.45) is 11.8 Å². The van der Waals surface area contributed by atoms with Gasteiger partial charge in [0.25, 0.3) is 0 Å². The van der Waals surface area contributed by atoms with Crippen molar-refractivity contribution in [3.8, 4) is 22.3 Å². The summed E-state index contributed by atoms with van der Waals surface area (Å²) in [4.78, 5) is 5.81. The van der Waals surface area contributed by atoms with E-state index in [9.17, 15) is 0 Å². The van der Waals surface area contributed by atoms with Crippen molar-refractivity contribution < 1.29 is 0 Å². The van der Waals surface area contributed by atoms with Crippen LogP contribution in [0.5, 0.6) is 0 Å². The Bertz CT molecular complexity index is 2180. The first-order valence-electron chi connectivity index (χ1n) is 19.2. The molecule has 2 heterocycles. The fourth-order valence-electron chi connectivity index (χ4n) is 9.83. The van der Waals surface area contributed by atoms with E-state index in [0.29, 0.717) is 35.6 Å². The van der Waals surface area contributed by atoms with E-state index in [4.69, 9.17) is 0 Å². The summed E-state index contributed by atoms with van der Waals surface area (Å²) in [5, 5.41) is 0. The molecule has 0 bridgehead atoms. The molecule has 0 aromatic heterocycles. The number of benzene rings is 4. The van der Waals surface area contributed by atoms with Gasteiger partial charge >= 0.3 is 0 Å². The van der Waals surface area contributed by atoms with E-state index in [0.717, 1.165) is 6.42 Å². The summed E-state index contributed by atoms with van der Waals surface area (Å²) in [5.41, 5.74) is 14.2. The van der Waals surface area contributed by atoms with Crippen LogP contribution in [0, 0.1) is 11.8 Å². The zero-order valence-corrected chi connectivity index (χ0v) is 30.2. The maximum absolute atomic E-state index is 2.68. The maximum atomic E-state index is 2.68. The van der Waals surface area contributed by atoms with Crippen molar-refractivity contribution in [3.05, 3.63) is 183 Å². The normalized spacial score (nSPS) is 27.4. The van der Waals surface area contributed by atoms with Gasteiger partial charge in [0, 0.05) is 40.0 Å². The lowest BCUT2D eigenvalue weighted by Gasteiger charge is -2.36. The Morgan fingerprint density at radius 1 is 0.667 bits per heavy atom. The van der Waals surface area contributed by atoms with Crippen LogP contribution in [0.4, 0.5) is 5.69 Å². The van der Waals surface area contributed by atoms with Crippen LogP contribution < -0.4 is 4.90 Å². The Labute approximate surface area is 307 Å². The van der Waals surface area contributed by atoms with Gasteiger partial charge in [-0.25, -0.2) is 0 Å². The monoisotopic (exact) mass is 679 g/mol. The van der Waals surface area contributed by atoms with Gasteiger partial charge < -0.3 is 4.90 Å². The van der Waals surface area contributed by atoms with E-state index in [1.54, 1.807) is 10.5 Å². The van der Waals surface area contributed by atoms with Gasteiger partial charge in [0.05, 0.1) is 6.04 Å². The SMILES string of the molecule is CC1CCC(N2c3ccc(-c4cc(-c5ccccc5)cc(C5C=C6SC7=C(CCC=C7)C6CC5)c4)cc3C3C=CC=CC32)=CC1c1ccccc1. The Morgan fingerprint density at radius 2 is 1.47 bits per heavy atom.